The molecule has 0 radical (unpaired) electrons. The molecule has 0 bridgehead atoms. The Morgan fingerprint density at radius 3 is 2.62 bits per heavy atom. The van der Waals surface area contributed by atoms with E-state index in [1.165, 1.54) is 28.8 Å². The summed E-state index contributed by atoms with van der Waals surface area (Å²) in [7, 11) is 1.62. The number of halogens is 1. The Bertz CT molecular complexity index is 1030. The van der Waals surface area contributed by atoms with E-state index < -0.39 is 5.97 Å². The second kappa shape index (κ2) is 8.71. The Morgan fingerprint density at radius 1 is 1.31 bits per heavy atom. The SMILES string of the molecule is CCOc1cc(C=C2SC(=Nc3ccc(C(=O)O)cc3)N(C)C2=O)cc(Br)c1O. The van der Waals surface area contributed by atoms with Gasteiger partial charge < -0.3 is 14.9 Å². The average molecular weight is 477 g/mol. The predicted molar refractivity (Wildman–Crippen MR) is 116 cm³/mol. The fourth-order valence-corrected chi connectivity index (χ4v) is 3.98. The number of carboxylic acids is 1. The third-order valence-corrected chi connectivity index (χ3v) is 5.66. The lowest BCUT2D eigenvalue weighted by molar-refractivity contribution is -0.121. The number of hydrogen-bond donors (Lipinski definition) is 2. The van der Waals surface area contributed by atoms with E-state index in [0.29, 0.717) is 38.2 Å². The van der Waals surface area contributed by atoms with Gasteiger partial charge in [-0.15, -0.1) is 0 Å². The van der Waals surface area contributed by atoms with Gasteiger partial charge in [0, 0.05) is 7.05 Å². The van der Waals surface area contributed by atoms with Crippen LogP contribution in [0.2, 0.25) is 0 Å². The van der Waals surface area contributed by atoms with Crippen molar-refractivity contribution in [2.75, 3.05) is 13.7 Å². The summed E-state index contributed by atoms with van der Waals surface area (Å²) in [5.41, 5.74) is 1.40. The molecule has 7 nitrogen and oxygen atoms in total. The topological polar surface area (TPSA) is 99.4 Å². The predicted octanol–water partition coefficient (Wildman–Crippen LogP) is 4.49. The molecule has 0 aromatic heterocycles. The molecule has 0 saturated carbocycles. The van der Waals surface area contributed by atoms with Crippen molar-refractivity contribution in [2.24, 2.45) is 4.99 Å². The van der Waals surface area contributed by atoms with E-state index in [1.54, 1.807) is 37.4 Å². The monoisotopic (exact) mass is 476 g/mol. The molecular formula is C20H17BrN2O5S. The minimum atomic E-state index is -1.01. The summed E-state index contributed by atoms with van der Waals surface area (Å²) in [5.74, 6) is -0.894. The van der Waals surface area contributed by atoms with Crippen LogP contribution in [0.4, 0.5) is 5.69 Å². The van der Waals surface area contributed by atoms with Crippen LogP contribution >= 0.6 is 27.7 Å². The van der Waals surface area contributed by atoms with Crippen molar-refractivity contribution in [3.05, 3.63) is 56.9 Å². The molecule has 1 fully saturated rings. The quantitative estimate of drug-likeness (QED) is 0.616. The molecule has 3 rings (SSSR count). The molecule has 9 heteroatoms. The molecule has 0 aliphatic carbocycles. The Kier molecular flexibility index (Phi) is 6.29. The first-order chi connectivity index (χ1) is 13.8. The molecule has 1 saturated heterocycles. The van der Waals surface area contributed by atoms with Crippen molar-refractivity contribution >= 4 is 56.5 Å². The summed E-state index contributed by atoms with van der Waals surface area (Å²) in [6.07, 6.45) is 1.70. The molecule has 2 aromatic rings. The summed E-state index contributed by atoms with van der Waals surface area (Å²) >= 11 is 4.50. The number of carbonyl (C=O) groups excluding carboxylic acids is 1. The van der Waals surface area contributed by atoms with Crippen molar-refractivity contribution in [3.8, 4) is 11.5 Å². The van der Waals surface area contributed by atoms with Crippen LogP contribution in [0.15, 0.2) is 50.8 Å². The van der Waals surface area contributed by atoms with Crippen LogP contribution in [0.1, 0.15) is 22.8 Å². The standard InChI is InChI=1S/C20H17BrN2O5S/c1-3-28-15-9-11(8-14(21)17(15)24)10-16-18(25)23(2)20(29-16)22-13-6-4-12(5-7-13)19(26)27/h4-10,24H,3H2,1-2H3,(H,26,27). The zero-order valence-electron chi connectivity index (χ0n) is 15.5. The van der Waals surface area contributed by atoms with Gasteiger partial charge in [0.25, 0.3) is 5.91 Å². The van der Waals surface area contributed by atoms with Gasteiger partial charge in [0.2, 0.25) is 0 Å². The molecule has 2 N–H and O–H groups in total. The van der Waals surface area contributed by atoms with Crippen LogP contribution in [-0.2, 0) is 4.79 Å². The molecule has 150 valence electrons. The number of carbonyl (C=O) groups is 2. The highest BCUT2D eigenvalue weighted by molar-refractivity contribution is 9.10. The molecule has 0 unspecified atom stereocenters. The van der Waals surface area contributed by atoms with E-state index in [1.807, 2.05) is 6.92 Å². The minimum Gasteiger partial charge on any atom is -0.503 e. The van der Waals surface area contributed by atoms with Crippen LogP contribution in [0.5, 0.6) is 11.5 Å². The molecule has 2 aromatic carbocycles. The lowest BCUT2D eigenvalue weighted by atomic mass is 10.2. The van der Waals surface area contributed by atoms with Gasteiger partial charge >= 0.3 is 5.97 Å². The van der Waals surface area contributed by atoms with E-state index in [9.17, 15) is 14.7 Å². The van der Waals surface area contributed by atoms with Crippen LogP contribution in [0.3, 0.4) is 0 Å². The van der Waals surface area contributed by atoms with Crippen molar-refractivity contribution in [1.82, 2.24) is 4.90 Å². The Balaban J connectivity index is 1.89. The maximum absolute atomic E-state index is 12.6. The first-order valence-corrected chi connectivity index (χ1v) is 10.2. The zero-order chi connectivity index (χ0) is 21.1. The average Bonchev–Trinajstić information content (AvgIpc) is 2.94. The molecule has 1 aliphatic rings. The summed E-state index contributed by atoms with van der Waals surface area (Å²) in [4.78, 5) is 29.9. The number of phenolic OH excluding ortho intramolecular Hbond substituents is 1. The summed E-state index contributed by atoms with van der Waals surface area (Å²) in [6.45, 7) is 2.21. The molecule has 1 amide bonds. The summed E-state index contributed by atoms with van der Waals surface area (Å²) < 4.78 is 5.88. The van der Waals surface area contributed by atoms with Crippen molar-refractivity contribution in [2.45, 2.75) is 6.92 Å². The number of carboxylic acid groups (broad SMARTS) is 1. The Hall–Kier alpha value is -2.78. The highest BCUT2D eigenvalue weighted by Gasteiger charge is 2.30. The van der Waals surface area contributed by atoms with Crippen molar-refractivity contribution in [3.63, 3.8) is 0 Å². The number of hydrogen-bond acceptors (Lipinski definition) is 6. The van der Waals surface area contributed by atoms with Crippen LogP contribution in [0.25, 0.3) is 6.08 Å². The van der Waals surface area contributed by atoms with Gasteiger partial charge in [-0.1, -0.05) is 0 Å². The van der Waals surface area contributed by atoms with Gasteiger partial charge in [-0.05, 0) is 82.7 Å². The third kappa shape index (κ3) is 4.63. The molecule has 0 spiro atoms. The van der Waals surface area contributed by atoms with E-state index in [4.69, 9.17) is 9.84 Å². The van der Waals surface area contributed by atoms with Crippen LogP contribution in [0, 0.1) is 0 Å². The van der Waals surface area contributed by atoms with E-state index in [2.05, 4.69) is 20.9 Å². The van der Waals surface area contributed by atoms with Gasteiger partial charge in [-0.2, -0.15) is 0 Å². The van der Waals surface area contributed by atoms with Gasteiger partial charge in [0.1, 0.15) is 0 Å². The first-order valence-electron chi connectivity index (χ1n) is 8.55. The summed E-state index contributed by atoms with van der Waals surface area (Å²) in [6, 6.07) is 9.44. The maximum Gasteiger partial charge on any atom is 0.335 e. The van der Waals surface area contributed by atoms with Gasteiger partial charge in [0.05, 0.1) is 27.2 Å². The number of amides is 1. The lowest BCUT2D eigenvalue weighted by Gasteiger charge is -2.09. The number of amidine groups is 1. The molecular weight excluding hydrogens is 460 g/mol. The van der Waals surface area contributed by atoms with Gasteiger partial charge in [-0.25, -0.2) is 9.79 Å². The number of likely N-dealkylation sites (N-methyl/N-ethyl adjacent to an activating group) is 1. The Labute approximate surface area is 179 Å². The van der Waals surface area contributed by atoms with Crippen LogP contribution in [-0.4, -0.2) is 45.8 Å². The molecule has 1 aliphatic heterocycles. The van der Waals surface area contributed by atoms with Gasteiger partial charge in [-0.3, -0.25) is 9.69 Å². The normalized spacial score (nSPS) is 16.7. The minimum absolute atomic E-state index is 0.00331. The maximum atomic E-state index is 12.6. The highest BCUT2D eigenvalue weighted by atomic mass is 79.9. The molecule has 29 heavy (non-hydrogen) atoms. The molecule has 0 atom stereocenters. The van der Waals surface area contributed by atoms with Crippen LogP contribution < -0.4 is 4.74 Å². The second-order valence-electron chi connectivity index (χ2n) is 6.00. The van der Waals surface area contributed by atoms with E-state index in [0.717, 1.165) is 0 Å². The number of ether oxygens (including phenoxy) is 1. The number of aromatic carboxylic acids is 1. The number of phenols is 1. The number of rotatable bonds is 5. The lowest BCUT2D eigenvalue weighted by Crippen LogP contribution is -2.23. The van der Waals surface area contributed by atoms with Crippen molar-refractivity contribution < 1.29 is 24.5 Å². The van der Waals surface area contributed by atoms with E-state index in [-0.39, 0.29) is 17.2 Å². The smallest absolute Gasteiger partial charge is 0.335 e. The number of benzene rings is 2. The second-order valence-corrected chi connectivity index (χ2v) is 7.87. The van der Waals surface area contributed by atoms with Gasteiger partial charge in [0.15, 0.2) is 16.7 Å². The Morgan fingerprint density at radius 2 is 2.00 bits per heavy atom. The molecule has 1 heterocycles. The zero-order valence-corrected chi connectivity index (χ0v) is 18.0. The fraction of sp³-hybridized carbons (Fsp3) is 0.150. The number of thioether (sulfide) groups is 1. The third-order valence-electron chi connectivity index (χ3n) is 3.99. The first kappa shape index (κ1) is 20.9. The number of aromatic hydroxyl groups is 1. The largest absolute Gasteiger partial charge is 0.503 e. The number of aliphatic imine (C=N–C) groups is 1. The van der Waals surface area contributed by atoms with Crippen molar-refractivity contribution in [1.29, 1.82) is 0 Å². The fourth-order valence-electron chi connectivity index (χ4n) is 2.53. The summed E-state index contributed by atoms with van der Waals surface area (Å²) in [5, 5.41) is 19.5. The highest BCUT2D eigenvalue weighted by Crippen LogP contribution is 2.38. The number of nitrogens with zero attached hydrogens (tertiary/aromatic N) is 2. The van der Waals surface area contributed by atoms with E-state index >= 15 is 0 Å².